The molecule has 1 saturated carbocycles. The van der Waals surface area contributed by atoms with Gasteiger partial charge >= 0.3 is 0 Å². The van der Waals surface area contributed by atoms with Gasteiger partial charge in [-0.3, -0.25) is 4.99 Å². The third kappa shape index (κ3) is 4.84. The second-order valence-electron chi connectivity index (χ2n) is 7.20. The Hall–Kier alpha value is -1.83. The molecule has 1 saturated heterocycles. The average Bonchev–Trinajstić information content (AvgIpc) is 3.31. The molecular weight excluding hydrogens is 343 g/mol. The largest absolute Gasteiger partial charge is 0.370 e. The highest BCUT2D eigenvalue weighted by atomic mass is 32.2. The lowest BCUT2D eigenvalue weighted by molar-refractivity contribution is 0.379. The van der Waals surface area contributed by atoms with Crippen LogP contribution in [0.1, 0.15) is 12.8 Å². The van der Waals surface area contributed by atoms with Crippen LogP contribution < -0.4 is 10.6 Å². The van der Waals surface area contributed by atoms with Gasteiger partial charge in [0.15, 0.2) is 5.96 Å². The third-order valence-electron chi connectivity index (χ3n) is 4.90. The molecule has 0 radical (unpaired) electrons. The topological polar surface area (TPSA) is 79.0 Å². The molecule has 25 heavy (non-hydrogen) atoms. The predicted molar refractivity (Wildman–Crippen MR) is 98.1 cm³/mol. The first kappa shape index (κ1) is 18.0. The summed E-state index contributed by atoms with van der Waals surface area (Å²) in [6.45, 7) is 3.54. The van der Waals surface area contributed by atoms with Crippen LogP contribution in [0.5, 0.6) is 0 Å². The maximum absolute atomic E-state index is 13.0. The SMILES string of the molecule is CS(=O)(=O)CC1(CN=C(N)N2CCN(c3ccc(F)cc3)CC2)CC1. The van der Waals surface area contributed by atoms with Gasteiger partial charge in [-0.25, -0.2) is 12.8 Å². The quantitative estimate of drug-likeness (QED) is 0.622. The number of anilines is 1. The molecule has 0 spiro atoms. The second-order valence-corrected chi connectivity index (χ2v) is 9.34. The van der Waals surface area contributed by atoms with E-state index in [-0.39, 0.29) is 17.0 Å². The molecule has 2 fully saturated rings. The first-order chi connectivity index (χ1) is 11.8. The number of hydrogen-bond acceptors (Lipinski definition) is 4. The van der Waals surface area contributed by atoms with Gasteiger partial charge in [-0.05, 0) is 37.1 Å². The molecule has 0 amide bonds. The van der Waals surface area contributed by atoms with Crippen LogP contribution in [0.15, 0.2) is 29.3 Å². The molecule has 2 N–H and O–H groups in total. The van der Waals surface area contributed by atoms with Gasteiger partial charge in [0.05, 0.1) is 5.75 Å². The molecule has 3 rings (SSSR count). The number of rotatable bonds is 5. The van der Waals surface area contributed by atoms with E-state index in [1.165, 1.54) is 18.4 Å². The Morgan fingerprint density at radius 2 is 1.80 bits per heavy atom. The van der Waals surface area contributed by atoms with Crippen LogP contribution in [0.4, 0.5) is 10.1 Å². The Balaban J connectivity index is 1.53. The first-order valence-corrected chi connectivity index (χ1v) is 10.6. The van der Waals surface area contributed by atoms with E-state index in [9.17, 15) is 12.8 Å². The molecule has 0 aromatic heterocycles. The molecule has 1 aliphatic carbocycles. The molecule has 0 atom stereocenters. The zero-order valence-corrected chi connectivity index (χ0v) is 15.3. The number of hydrogen-bond donors (Lipinski definition) is 1. The van der Waals surface area contributed by atoms with Crippen LogP contribution in [-0.2, 0) is 9.84 Å². The van der Waals surface area contributed by atoms with Gasteiger partial charge in [0.25, 0.3) is 0 Å². The van der Waals surface area contributed by atoms with Gasteiger partial charge in [-0.1, -0.05) is 0 Å². The van der Waals surface area contributed by atoms with Gasteiger partial charge < -0.3 is 15.5 Å². The minimum atomic E-state index is -2.99. The summed E-state index contributed by atoms with van der Waals surface area (Å²) in [5.74, 6) is 0.440. The van der Waals surface area contributed by atoms with Crippen molar-refractivity contribution in [3.8, 4) is 0 Å². The van der Waals surface area contributed by atoms with Crippen LogP contribution in [0.2, 0.25) is 0 Å². The fourth-order valence-corrected chi connectivity index (χ4v) is 4.77. The zero-order valence-electron chi connectivity index (χ0n) is 14.5. The molecule has 138 valence electrons. The van der Waals surface area contributed by atoms with E-state index in [4.69, 9.17) is 5.73 Å². The molecule has 8 heteroatoms. The van der Waals surface area contributed by atoms with Crippen molar-refractivity contribution in [2.24, 2.45) is 16.1 Å². The highest BCUT2D eigenvalue weighted by Crippen LogP contribution is 2.46. The minimum Gasteiger partial charge on any atom is -0.370 e. The van der Waals surface area contributed by atoms with Crippen LogP contribution in [0, 0.1) is 11.2 Å². The van der Waals surface area contributed by atoms with Gasteiger partial charge in [0.1, 0.15) is 15.7 Å². The van der Waals surface area contributed by atoms with Gasteiger partial charge in [0, 0.05) is 50.1 Å². The molecule has 0 bridgehead atoms. The van der Waals surface area contributed by atoms with E-state index < -0.39 is 9.84 Å². The van der Waals surface area contributed by atoms with Crippen molar-refractivity contribution in [1.82, 2.24) is 4.90 Å². The molecule has 1 heterocycles. The van der Waals surface area contributed by atoms with Crippen molar-refractivity contribution in [2.45, 2.75) is 12.8 Å². The molecule has 0 unspecified atom stereocenters. The lowest BCUT2D eigenvalue weighted by Crippen LogP contribution is -2.51. The summed E-state index contributed by atoms with van der Waals surface area (Å²) in [4.78, 5) is 8.68. The Morgan fingerprint density at radius 1 is 1.20 bits per heavy atom. The Morgan fingerprint density at radius 3 is 2.32 bits per heavy atom. The Bertz CT molecular complexity index is 736. The van der Waals surface area contributed by atoms with E-state index in [2.05, 4.69) is 9.89 Å². The first-order valence-electron chi connectivity index (χ1n) is 8.50. The number of piperazine rings is 1. The summed E-state index contributed by atoms with van der Waals surface area (Å²) in [5, 5.41) is 0. The number of nitrogens with zero attached hydrogens (tertiary/aromatic N) is 3. The molecular formula is C17H25FN4O2S. The number of sulfone groups is 1. The van der Waals surface area contributed by atoms with Gasteiger partial charge in [-0.15, -0.1) is 0 Å². The summed E-state index contributed by atoms with van der Waals surface area (Å²) >= 11 is 0. The summed E-state index contributed by atoms with van der Waals surface area (Å²) in [6.07, 6.45) is 3.07. The van der Waals surface area contributed by atoms with Crippen molar-refractivity contribution < 1.29 is 12.8 Å². The van der Waals surface area contributed by atoms with Crippen molar-refractivity contribution in [2.75, 3.05) is 49.6 Å². The molecule has 1 aliphatic heterocycles. The molecule has 2 aliphatic rings. The van der Waals surface area contributed by atoms with E-state index >= 15 is 0 Å². The minimum absolute atomic E-state index is 0.190. The van der Waals surface area contributed by atoms with Crippen molar-refractivity contribution in [3.63, 3.8) is 0 Å². The average molecular weight is 368 g/mol. The number of halogens is 1. The number of nitrogens with two attached hydrogens (primary N) is 1. The standard InChI is InChI=1S/C17H25FN4O2S/c1-25(23,24)13-17(6-7-17)12-20-16(19)22-10-8-21(9-11-22)15-4-2-14(18)3-5-15/h2-5H,6-13H2,1H3,(H2,19,20). The highest BCUT2D eigenvalue weighted by molar-refractivity contribution is 7.90. The normalized spacial score (nSPS) is 20.6. The van der Waals surface area contributed by atoms with Crippen LogP contribution in [-0.4, -0.2) is 64.0 Å². The van der Waals surface area contributed by atoms with Gasteiger partial charge in [0.2, 0.25) is 0 Å². The number of guanidine groups is 1. The van der Waals surface area contributed by atoms with E-state index in [1.54, 1.807) is 12.1 Å². The van der Waals surface area contributed by atoms with Crippen molar-refractivity contribution in [1.29, 1.82) is 0 Å². The second kappa shape index (κ2) is 6.82. The smallest absolute Gasteiger partial charge is 0.191 e. The monoisotopic (exact) mass is 368 g/mol. The summed E-state index contributed by atoms with van der Waals surface area (Å²) in [5.41, 5.74) is 6.91. The Kier molecular flexibility index (Phi) is 4.90. The summed E-state index contributed by atoms with van der Waals surface area (Å²) in [6, 6.07) is 6.50. The van der Waals surface area contributed by atoms with Crippen LogP contribution in [0.25, 0.3) is 0 Å². The summed E-state index contributed by atoms with van der Waals surface area (Å²) in [7, 11) is -2.99. The zero-order chi connectivity index (χ0) is 18.1. The number of aliphatic imine (C=N–C) groups is 1. The maximum Gasteiger partial charge on any atom is 0.191 e. The Labute approximate surface area is 148 Å². The maximum atomic E-state index is 13.0. The third-order valence-corrected chi connectivity index (χ3v) is 6.03. The van der Waals surface area contributed by atoms with E-state index in [0.29, 0.717) is 12.5 Å². The van der Waals surface area contributed by atoms with Crippen LogP contribution >= 0.6 is 0 Å². The molecule has 1 aromatic carbocycles. The van der Waals surface area contributed by atoms with Crippen molar-refractivity contribution in [3.05, 3.63) is 30.1 Å². The fraction of sp³-hybridized carbons (Fsp3) is 0.588. The fourth-order valence-electron chi connectivity index (χ4n) is 3.28. The predicted octanol–water partition coefficient (Wildman–Crippen LogP) is 1.09. The van der Waals surface area contributed by atoms with E-state index in [1.807, 2.05) is 4.90 Å². The van der Waals surface area contributed by atoms with Crippen LogP contribution in [0.3, 0.4) is 0 Å². The highest BCUT2D eigenvalue weighted by Gasteiger charge is 2.45. The van der Waals surface area contributed by atoms with Gasteiger partial charge in [-0.2, -0.15) is 0 Å². The lowest BCUT2D eigenvalue weighted by atomic mass is 10.1. The lowest BCUT2D eigenvalue weighted by Gasteiger charge is -2.36. The number of benzene rings is 1. The van der Waals surface area contributed by atoms with Crippen molar-refractivity contribution >= 4 is 21.5 Å². The van der Waals surface area contributed by atoms with E-state index in [0.717, 1.165) is 44.7 Å². The molecule has 6 nitrogen and oxygen atoms in total. The molecule has 1 aromatic rings. The summed E-state index contributed by atoms with van der Waals surface area (Å²) < 4.78 is 36.0.